The Balaban J connectivity index is 0.000000379. The van der Waals surface area contributed by atoms with Crippen molar-refractivity contribution in [3.63, 3.8) is 0 Å². The molecule has 8 heteroatoms. The zero-order valence-electron chi connectivity index (χ0n) is 22.9. The number of rotatable bonds is 9. The average molecular weight is 550 g/mol. The lowest BCUT2D eigenvalue weighted by molar-refractivity contribution is -0.149. The lowest BCUT2D eigenvalue weighted by atomic mass is 10.1. The number of nitrogens with zero attached hydrogens (tertiary/aromatic N) is 1. The number of hydrogen-bond donors (Lipinski definition) is 3. The fourth-order valence-electron chi connectivity index (χ4n) is 4.75. The van der Waals surface area contributed by atoms with E-state index in [1.54, 1.807) is 18.7 Å². The van der Waals surface area contributed by atoms with E-state index in [1.807, 2.05) is 24.3 Å². The predicted molar refractivity (Wildman–Crippen MR) is 158 cm³/mol. The quantitative estimate of drug-likeness (QED) is 0.329. The highest BCUT2D eigenvalue weighted by atomic mass is 32.2. The third kappa shape index (κ3) is 8.22. The van der Waals surface area contributed by atoms with Crippen molar-refractivity contribution in [1.82, 2.24) is 10.6 Å². The van der Waals surface area contributed by atoms with Crippen LogP contribution in [-0.4, -0.2) is 62.1 Å². The van der Waals surface area contributed by atoms with E-state index >= 15 is 0 Å². The summed E-state index contributed by atoms with van der Waals surface area (Å²) in [5, 5.41) is 16.0. The summed E-state index contributed by atoms with van der Waals surface area (Å²) in [5.74, 6) is -0.178. The molecule has 3 unspecified atom stereocenters. The molecule has 0 aromatic heterocycles. The minimum absolute atomic E-state index is 0.336. The Morgan fingerprint density at radius 1 is 0.974 bits per heavy atom. The van der Waals surface area contributed by atoms with Gasteiger partial charge < -0.3 is 30.1 Å². The topological polar surface area (TPSA) is 83.1 Å². The maximum atomic E-state index is 11.3. The number of ether oxygens (including phenoxy) is 2. The zero-order valence-corrected chi connectivity index (χ0v) is 23.7. The molecule has 2 aliphatic heterocycles. The monoisotopic (exact) mass is 549 g/mol. The average Bonchev–Trinajstić information content (AvgIpc) is 2.93. The van der Waals surface area contributed by atoms with E-state index in [2.05, 4.69) is 77.9 Å². The van der Waals surface area contributed by atoms with E-state index < -0.39 is 12.1 Å². The number of fused-ring (bicyclic) bond motifs is 2. The summed E-state index contributed by atoms with van der Waals surface area (Å²) >= 11 is 1.79. The molecule has 0 radical (unpaired) electrons. The van der Waals surface area contributed by atoms with Gasteiger partial charge in [0.1, 0.15) is 12.4 Å². The van der Waals surface area contributed by atoms with Crippen molar-refractivity contribution in [3.05, 3.63) is 78.4 Å². The molecule has 0 spiro atoms. The van der Waals surface area contributed by atoms with Gasteiger partial charge in [0.05, 0.1) is 17.9 Å². The minimum Gasteiger partial charge on any atom is -0.492 e. The SMILES string of the molecule is CC1CNCC(C)N1.CCOC(Cc1ccc(OCCN2c3ccccc3Sc3ccccc32)cc1)C(=O)O. The Hall–Kier alpha value is -3.04. The fraction of sp³-hybridized carbons (Fsp3) is 0.387. The number of carbonyl (C=O) groups is 1. The van der Waals surface area contributed by atoms with Crippen LogP contribution in [0.1, 0.15) is 26.3 Å². The number of anilines is 2. The van der Waals surface area contributed by atoms with Crippen LogP contribution in [0.2, 0.25) is 0 Å². The number of aliphatic carboxylic acids is 1. The first-order valence-electron chi connectivity index (χ1n) is 13.6. The number of benzene rings is 3. The van der Waals surface area contributed by atoms with Crippen LogP contribution in [0.5, 0.6) is 5.75 Å². The van der Waals surface area contributed by atoms with E-state index in [1.165, 1.54) is 21.2 Å². The molecular formula is C31H39N3O4S. The molecule has 0 aliphatic carbocycles. The molecule has 1 fully saturated rings. The Kier molecular flexibility index (Phi) is 10.7. The van der Waals surface area contributed by atoms with E-state index in [0.29, 0.717) is 31.7 Å². The molecule has 2 aliphatic rings. The van der Waals surface area contributed by atoms with Gasteiger partial charge in [0.25, 0.3) is 0 Å². The molecule has 1 saturated heterocycles. The normalized spacial score (nSPS) is 18.7. The molecule has 3 aromatic carbocycles. The second-order valence-electron chi connectivity index (χ2n) is 9.79. The van der Waals surface area contributed by atoms with Crippen LogP contribution in [-0.2, 0) is 16.0 Å². The molecule has 208 valence electrons. The van der Waals surface area contributed by atoms with Gasteiger partial charge in [-0.3, -0.25) is 0 Å². The lowest BCUT2D eigenvalue weighted by Crippen LogP contribution is -2.52. The fourth-order valence-corrected chi connectivity index (χ4v) is 5.85. The van der Waals surface area contributed by atoms with Crippen molar-refractivity contribution in [3.8, 4) is 5.75 Å². The van der Waals surface area contributed by atoms with Gasteiger partial charge in [-0.25, -0.2) is 4.79 Å². The third-order valence-corrected chi connectivity index (χ3v) is 7.70. The van der Waals surface area contributed by atoms with Gasteiger partial charge in [0.2, 0.25) is 0 Å². The van der Waals surface area contributed by atoms with Gasteiger partial charge >= 0.3 is 5.97 Å². The highest BCUT2D eigenvalue weighted by Crippen LogP contribution is 2.47. The van der Waals surface area contributed by atoms with Crippen LogP contribution in [0, 0.1) is 0 Å². The Bertz CT molecular complexity index is 1150. The molecule has 3 atom stereocenters. The molecule has 0 amide bonds. The highest BCUT2D eigenvalue weighted by Gasteiger charge is 2.22. The van der Waals surface area contributed by atoms with Crippen LogP contribution in [0.15, 0.2) is 82.6 Å². The standard InChI is InChI=1S/C25H25NO4S.C6H14N2/c1-2-29-22(25(27)28)17-18-11-13-19(14-12-18)30-16-15-26-20-7-3-5-9-23(20)31-24-10-6-4-8-21(24)26;1-5-3-7-4-6(2)8-5/h3-14,22H,2,15-17H2,1H3,(H,27,28);5-8H,3-4H2,1-2H3. The molecule has 3 N–H and O–H groups in total. The largest absolute Gasteiger partial charge is 0.492 e. The van der Waals surface area contributed by atoms with Gasteiger partial charge in [-0.05, 0) is 62.7 Å². The van der Waals surface area contributed by atoms with Gasteiger partial charge in [-0.1, -0.05) is 48.2 Å². The van der Waals surface area contributed by atoms with Crippen LogP contribution < -0.4 is 20.3 Å². The molecule has 7 nitrogen and oxygen atoms in total. The number of carboxylic acid groups (broad SMARTS) is 1. The van der Waals surface area contributed by atoms with Gasteiger partial charge in [-0.15, -0.1) is 0 Å². The second-order valence-corrected chi connectivity index (χ2v) is 10.9. The van der Waals surface area contributed by atoms with Crippen LogP contribution in [0.3, 0.4) is 0 Å². The maximum Gasteiger partial charge on any atom is 0.333 e. The smallest absolute Gasteiger partial charge is 0.333 e. The van der Waals surface area contributed by atoms with Crippen molar-refractivity contribution in [2.75, 3.05) is 37.7 Å². The lowest BCUT2D eigenvalue weighted by Gasteiger charge is -2.32. The Labute approximate surface area is 235 Å². The van der Waals surface area contributed by atoms with Crippen molar-refractivity contribution in [2.24, 2.45) is 0 Å². The van der Waals surface area contributed by atoms with Crippen LogP contribution >= 0.6 is 11.8 Å². The third-order valence-electron chi connectivity index (χ3n) is 6.57. The number of piperazine rings is 1. The minimum atomic E-state index is -0.942. The molecule has 0 bridgehead atoms. The molecule has 5 rings (SSSR count). The van der Waals surface area contributed by atoms with E-state index in [0.717, 1.165) is 30.9 Å². The van der Waals surface area contributed by atoms with Crippen molar-refractivity contribution >= 4 is 29.1 Å². The van der Waals surface area contributed by atoms with Crippen molar-refractivity contribution in [1.29, 1.82) is 0 Å². The summed E-state index contributed by atoms with van der Waals surface area (Å²) < 4.78 is 11.3. The van der Waals surface area contributed by atoms with Gasteiger partial charge in [-0.2, -0.15) is 0 Å². The van der Waals surface area contributed by atoms with Gasteiger partial charge in [0, 0.05) is 48.0 Å². The number of para-hydroxylation sites is 2. The summed E-state index contributed by atoms with van der Waals surface area (Å²) in [4.78, 5) is 16.1. The number of hydrogen-bond acceptors (Lipinski definition) is 7. The zero-order chi connectivity index (χ0) is 27.6. The maximum absolute atomic E-state index is 11.3. The van der Waals surface area contributed by atoms with E-state index in [4.69, 9.17) is 9.47 Å². The highest BCUT2D eigenvalue weighted by molar-refractivity contribution is 7.99. The summed E-state index contributed by atoms with van der Waals surface area (Å²) in [5.41, 5.74) is 3.30. The summed E-state index contributed by atoms with van der Waals surface area (Å²) in [6, 6.07) is 25.7. The van der Waals surface area contributed by atoms with Crippen LogP contribution in [0.4, 0.5) is 11.4 Å². The molecular weight excluding hydrogens is 510 g/mol. The van der Waals surface area contributed by atoms with Crippen LogP contribution in [0.25, 0.3) is 0 Å². The van der Waals surface area contributed by atoms with E-state index in [-0.39, 0.29) is 0 Å². The summed E-state index contributed by atoms with van der Waals surface area (Å²) in [6.45, 7) is 10.1. The second kappa shape index (κ2) is 14.4. The van der Waals surface area contributed by atoms with Crippen molar-refractivity contribution < 1.29 is 19.4 Å². The van der Waals surface area contributed by atoms with Gasteiger partial charge in [0.15, 0.2) is 6.10 Å². The Morgan fingerprint density at radius 3 is 2.08 bits per heavy atom. The summed E-state index contributed by atoms with van der Waals surface area (Å²) in [6.07, 6.45) is -0.489. The van der Waals surface area contributed by atoms with Crippen molar-refractivity contribution in [2.45, 2.75) is 55.2 Å². The molecule has 2 heterocycles. The first kappa shape index (κ1) is 29.0. The number of nitrogens with one attached hydrogen (secondary N) is 2. The molecule has 0 saturated carbocycles. The summed E-state index contributed by atoms with van der Waals surface area (Å²) in [7, 11) is 0. The first-order valence-corrected chi connectivity index (χ1v) is 14.4. The number of carboxylic acids is 1. The Morgan fingerprint density at radius 2 is 1.56 bits per heavy atom. The van der Waals surface area contributed by atoms with E-state index in [9.17, 15) is 9.90 Å². The molecule has 3 aromatic rings. The molecule has 39 heavy (non-hydrogen) atoms. The first-order chi connectivity index (χ1) is 18.9. The predicted octanol–water partition coefficient (Wildman–Crippen LogP) is 5.36.